The van der Waals surface area contributed by atoms with Crippen LogP contribution >= 0.6 is 23.1 Å². The molecule has 2 aliphatic rings. The molecule has 1 amide bonds. The highest BCUT2D eigenvalue weighted by Crippen LogP contribution is 2.31. The first-order chi connectivity index (χ1) is 15.5. The van der Waals surface area contributed by atoms with Gasteiger partial charge in [0.2, 0.25) is 10.0 Å². The Balaban J connectivity index is 1.40. The van der Waals surface area contributed by atoms with Crippen molar-refractivity contribution in [2.75, 3.05) is 44.3 Å². The van der Waals surface area contributed by atoms with E-state index in [1.54, 1.807) is 28.1 Å². The van der Waals surface area contributed by atoms with Gasteiger partial charge in [0.05, 0.1) is 6.61 Å². The molecule has 0 radical (unpaired) electrons. The summed E-state index contributed by atoms with van der Waals surface area (Å²) >= 11 is 2.95. The van der Waals surface area contributed by atoms with Crippen molar-refractivity contribution < 1.29 is 22.7 Å². The lowest BCUT2D eigenvalue weighted by atomic mass is 10.1. The number of amides is 1. The van der Waals surface area contributed by atoms with Crippen molar-refractivity contribution in [2.24, 2.45) is 0 Å². The molecule has 10 heteroatoms. The van der Waals surface area contributed by atoms with Crippen LogP contribution in [0.2, 0.25) is 0 Å². The van der Waals surface area contributed by atoms with Crippen LogP contribution in [0.3, 0.4) is 0 Å². The second kappa shape index (κ2) is 10.5. The molecule has 2 fully saturated rings. The summed E-state index contributed by atoms with van der Waals surface area (Å²) < 4.78 is 39.5. The quantitative estimate of drug-likeness (QED) is 0.583. The maximum atomic E-state index is 13.2. The number of hydrogen-bond donors (Lipinski definition) is 0. The third kappa shape index (κ3) is 5.08. The fraction of sp³-hybridized carbons (Fsp3) is 0.500. The molecule has 0 unspecified atom stereocenters. The van der Waals surface area contributed by atoms with Crippen molar-refractivity contribution in [3.63, 3.8) is 0 Å². The van der Waals surface area contributed by atoms with Crippen molar-refractivity contribution in [1.82, 2.24) is 9.21 Å². The maximum absolute atomic E-state index is 13.2. The molecule has 4 rings (SSSR count). The Kier molecular flexibility index (Phi) is 7.65. The molecule has 0 N–H and O–H groups in total. The molecule has 0 aliphatic carbocycles. The van der Waals surface area contributed by atoms with Crippen LogP contribution in [-0.4, -0.2) is 73.9 Å². The van der Waals surface area contributed by atoms with Gasteiger partial charge in [0.25, 0.3) is 5.91 Å². The molecule has 2 saturated heterocycles. The molecular formula is C22H28N2O5S3. The van der Waals surface area contributed by atoms with E-state index in [9.17, 15) is 13.2 Å². The largest absolute Gasteiger partial charge is 0.490 e. The van der Waals surface area contributed by atoms with Crippen molar-refractivity contribution in [2.45, 2.75) is 30.8 Å². The molecule has 0 bridgehead atoms. The van der Waals surface area contributed by atoms with E-state index in [1.165, 1.54) is 15.6 Å². The van der Waals surface area contributed by atoms with Crippen LogP contribution in [0.1, 0.15) is 29.4 Å². The van der Waals surface area contributed by atoms with Gasteiger partial charge in [-0.3, -0.25) is 4.79 Å². The van der Waals surface area contributed by atoms with E-state index < -0.39 is 10.0 Å². The second-order valence-electron chi connectivity index (χ2n) is 7.62. The minimum Gasteiger partial charge on any atom is -0.490 e. The summed E-state index contributed by atoms with van der Waals surface area (Å²) in [6, 6.07) is 9.17. The Bertz CT molecular complexity index is 1030. The first-order valence-corrected chi connectivity index (χ1v) is 14.3. The van der Waals surface area contributed by atoms with Gasteiger partial charge in [0, 0.05) is 50.5 Å². The predicted octanol–water partition coefficient (Wildman–Crippen LogP) is 3.57. The van der Waals surface area contributed by atoms with Crippen LogP contribution in [0.15, 0.2) is 40.6 Å². The highest BCUT2D eigenvalue weighted by Gasteiger charge is 2.34. The summed E-state index contributed by atoms with van der Waals surface area (Å²) in [5, 5.41) is 1.69. The van der Waals surface area contributed by atoms with Crippen LogP contribution in [0, 0.1) is 0 Å². The summed E-state index contributed by atoms with van der Waals surface area (Å²) in [5.41, 5.74) is 0. The molecule has 0 spiro atoms. The minimum absolute atomic E-state index is 0.0157. The van der Waals surface area contributed by atoms with E-state index in [-0.39, 0.29) is 16.9 Å². The number of ether oxygens (including phenoxy) is 2. The smallest absolute Gasteiger partial charge is 0.265 e. The lowest BCUT2D eigenvalue weighted by molar-refractivity contribution is 0.0590. The number of likely N-dealkylation sites (tertiary alicyclic amines) is 1. The average Bonchev–Trinajstić information content (AvgIpc) is 3.32. The van der Waals surface area contributed by atoms with Gasteiger partial charge < -0.3 is 14.4 Å². The number of thiophene rings is 1. The molecule has 2 aliphatic heterocycles. The highest BCUT2D eigenvalue weighted by molar-refractivity contribution is 7.99. The monoisotopic (exact) mass is 496 g/mol. The number of rotatable bonds is 7. The number of nitrogens with zero attached hydrogens (tertiary/aromatic N) is 2. The van der Waals surface area contributed by atoms with E-state index in [0.29, 0.717) is 56.3 Å². The summed E-state index contributed by atoms with van der Waals surface area (Å²) in [5.74, 6) is 2.79. The number of piperidine rings is 1. The molecule has 32 heavy (non-hydrogen) atoms. The number of thioether (sulfide) groups is 1. The van der Waals surface area contributed by atoms with Crippen LogP contribution in [0.25, 0.3) is 0 Å². The molecule has 3 heterocycles. The number of hydrogen-bond acceptors (Lipinski definition) is 7. The zero-order valence-electron chi connectivity index (χ0n) is 18.1. The second-order valence-corrected chi connectivity index (χ2v) is 11.7. The van der Waals surface area contributed by atoms with Crippen LogP contribution in [0.5, 0.6) is 11.5 Å². The van der Waals surface area contributed by atoms with Crippen LogP contribution in [-0.2, 0) is 10.0 Å². The first kappa shape index (κ1) is 23.4. The SMILES string of the molecule is CCOc1ccccc1OC1CCN(C(=O)c2sccc2S(=O)(=O)N2CCSCC2)CC1. The van der Waals surface area contributed by atoms with Crippen molar-refractivity contribution in [3.05, 3.63) is 40.6 Å². The fourth-order valence-electron chi connectivity index (χ4n) is 3.90. The number of benzene rings is 1. The normalized spacial score (nSPS) is 18.5. The molecule has 7 nitrogen and oxygen atoms in total. The molecule has 174 valence electrons. The van der Waals surface area contributed by atoms with Gasteiger partial charge in [-0.15, -0.1) is 11.3 Å². The standard InChI is InChI=1S/C22H28N2O5S3/c1-2-28-18-5-3-4-6-19(18)29-17-7-10-23(11-8-17)22(25)21-20(9-14-31-21)32(26,27)24-12-15-30-16-13-24/h3-6,9,14,17H,2,7-8,10-13,15-16H2,1H3. The Morgan fingerprint density at radius 3 is 2.44 bits per heavy atom. The van der Waals surface area contributed by atoms with Crippen molar-refractivity contribution in [1.29, 1.82) is 0 Å². The van der Waals surface area contributed by atoms with E-state index in [0.717, 1.165) is 17.3 Å². The molecule has 2 aromatic rings. The predicted molar refractivity (Wildman–Crippen MR) is 128 cm³/mol. The van der Waals surface area contributed by atoms with Crippen molar-refractivity contribution >= 4 is 39.0 Å². The number of sulfonamides is 1. The van der Waals surface area contributed by atoms with Gasteiger partial charge >= 0.3 is 0 Å². The molecular weight excluding hydrogens is 468 g/mol. The van der Waals surface area contributed by atoms with Gasteiger partial charge in [-0.25, -0.2) is 8.42 Å². The summed E-state index contributed by atoms with van der Waals surface area (Å²) in [6.45, 7) is 4.53. The van der Waals surface area contributed by atoms with Gasteiger partial charge in [-0.05, 0) is 30.5 Å². The Morgan fingerprint density at radius 2 is 1.75 bits per heavy atom. The molecule has 1 aromatic heterocycles. The van der Waals surface area contributed by atoms with Gasteiger partial charge in [0.15, 0.2) is 11.5 Å². The number of carbonyl (C=O) groups is 1. The average molecular weight is 497 g/mol. The highest BCUT2D eigenvalue weighted by atomic mass is 32.2. The Morgan fingerprint density at radius 1 is 1.06 bits per heavy atom. The van der Waals surface area contributed by atoms with E-state index in [2.05, 4.69) is 0 Å². The zero-order valence-corrected chi connectivity index (χ0v) is 20.5. The Hall–Kier alpha value is -1.75. The third-order valence-electron chi connectivity index (χ3n) is 5.58. The van der Waals surface area contributed by atoms with Crippen LogP contribution < -0.4 is 9.47 Å². The summed E-state index contributed by atoms with van der Waals surface area (Å²) in [6.07, 6.45) is 1.35. The summed E-state index contributed by atoms with van der Waals surface area (Å²) in [7, 11) is -3.65. The molecule has 0 saturated carbocycles. The van der Waals surface area contributed by atoms with Gasteiger partial charge in [-0.2, -0.15) is 16.1 Å². The summed E-state index contributed by atoms with van der Waals surface area (Å²) in [4.78, 5) is 15.4. The first-order valence-electron chi connectivity index (χ1n) is 10.8. The fourth-order valence-corrected chi connectivity index (χ4v) is 7.84. The lowest BCUT2D eigenvalue weighted by Crippen LogP contribution is -2.42. The maximum Gasteiger partial charge on any atom is 0.265 e. The lowest BCUT2D eigenvalue weighted by Gasteiger charge is -2.32. The topological polar surface area (TPSA) is 76.1 Å². The van der Waals surface area contributed by atoms with Crippen molar-refractivity contribution in [3.8, 4) is 11.5 Å². The molecule has 1 aromatic carbocycles. The number of carbonyl (C=O) groups excluding carboxylic acids is 1. The van der Waals surface area contributed by atoms with E-state index >= 15 is 0 Å². The third-order valence-corrected chi connectivity index (χ3v) is 9.50. The Labute approximate surface area is 197 Å². The van der Waals surface area contributed by atoms with E-state index in [1.807, 2.05) is 31.2 Å². The van der Waals surface area contributed by atoms with Crippen LogP contribution in [0.4, 0.5) is 0 Å². The molecule has 0 atom stereocenters. The van der Waals surface area contributed by atoms with Gasteiger partial charge in [-0.1, -0.05) is 12.1 Å². The number of para-hydroxylation sites is 2. The van der Waals surface area contributed by atoms with Gasteiger partial charge in [0.1, 0.15) is 15.9 Å². The van der Waals surface area contributed by atoms with E-state index in [4.69, 9.17) is 9.47 Å². The zero-order chi connectivity index (χ0) is 22.6. The minimum atomic E-state index is -3.65.